The molecule has 4 aromatic rings. The number of nitrogens with two attached hydrogens (primary N) is 1. The van der Waals surface area contributed by atoms with Crippen LogP contribution in [0.4, 0.5) is 32.4 Å². The van der Waals surface area contributed by atoms with E-state index in [0.29, 0.717) is 0 Å². The largest absolute Gasteiger partial charge is 0.573 e. The van der Waals surface area contributed by atoms with Crippen molar-refractivity contribution < 1.29 is 44.6 Å². The fourth-order valence-corrected chi connectivity index (χ4v) is 3.72. The molecule has 1 amide bonds. The highest BCUT2D eigenvalue weighted by Gasteiger charge is 2.31. The van der Waals surface area contributed by atoms with E-state index in [9.17, 15) is 35.2 Å². The van der Waals surface area contributed by atoms with Gasteiger partial charge in [0.15, 0.2) is 11.4 Å². The molecule has 0 atom stereocenters. The summed E-state index contributed by atoms with van der Waals surface area (Å²) in [5.74, 6) is -0.858. The maximum Gasteiger partial charge on any atom is 0.573 e. The predicted octanol–water partition coefficient (Wildman–Crippen LogP) is 4.49. The normalized spacial score (nSPS) is 12.1. The molecular weight excluding hydrogens is 529 g/mol. The number of aromatic nitrogens is 3. The van der Waals surface area contributed by atoms with Crippen LogP contribution in [0.15, 0.2) is 65.7 Å². The molecule has 2 aromatic carbocycles. The van der Waals surface area contributed by atoms with E-state index in [-0.39, 0.29) is 33.2 Å². The van der Waals surface area contributed by atoms with Gasteiger partial charge in [0.05, 0.1) is 16.8 Å². The minimum absolute atomic E-state index is 0.0103. The molecule has 0 fully saturated rings. The van der Waals surface area contributed by atoms with Crippen molar-refractivity contribution in [2.75, 3.05) is 5.32 Å². The van der Waals surface area contributed by atoms with Gasteiger partial charge in [-0.15, -0.1) is 13.2 Å². The van der Waals surface area contributed by atoms with Gasteiger partial charge in [0.1, 0.15) is 11.4 Å². The van der Waals surface area contributed by atoms with Gasteiger partial charge in [0, 0.05) is 11.3 Å². The van der Waals surface area contributed by atoms with E-state index in [4.69, 9.17) is 9.88 Å². The van der Waals surface area contributed by atoms with Gasteiger partial charge in [-0.3, -0.25) is 5.32 Å². The molecule has 10 nitrogen and oxygen atoms in total. The van der Waals surface area contributed by atoms with Crippen LogP contribution < -0.4 is 19.9 Å². The Kier molecular flexibility index (Phi) is 6.70. The zero-order chi connectivity index (χ0) is 27.0. The lowest BCUT2D eigenvalue weighted by Crippen LogP contribution is -2.18. The molecule has 194 valence electrons. The van der Waals surface area contributed by atoms with Gasteiger partial charge in [-0.2, -0.15) is 5.10 Å². The van der Waals surface area contributed by atoms with Crippen molar-refractivity contribution in [3.05, 3.63) is 66.5 Å². The number of carbonyl (C=O) groups excluding carboxylic acids is 1. The maximum absolute atomic E-state index is 13.7. The third kappa shape index (κ3) is 6.10. The highest BCUT2D eigenvalue weighted by atomic mass is 32.2. The average molecular weight is 543 g/mol. The number of carbonyl (C=O) groups is 1. The number of anilines is 1. The van der Waals surface area contributed by atoms with Crippen LogP contribution in [0.1, 0.15) is 12.1 Å². The number of primary sulfonamides is 1. The second-order valence-electron chi connectivity index (χ2n) is 7.27. The van der Waals surface area contributed by atoms with Crippen LogP contribution in [0.5, 0.6) is 11.5 Å². The minimum atomic E-state index is -4.91. The summed E-state index contributed by atoms with van der Waals surface area (Å²) in [6.07, 6.45) is -8.12. The fourth-order valence-electron chi connectivity index (χ4n) is 3.16. The molecule has 0 radical (unpaired) electrons. The van der Waals surface area contributed by atoms with E-state index in [1.165, 1.54) is 30.3 Å². The number of rotatable bonds is 6. The van der Waals surface area contributed by atoms with Gasteiger partial charge in [-0.25, -0.2) is 36.6 Å². The molecule has 2 heterocycles. The van der Waals surface area contributed by atoms with Crippen LogP contribution in [0.2, 0.25) is 0 Å². The summed E-state index contributed by atoms with van der Waals surface area (Å²) in [7, 11) is -4.05. The quantitative estimate of drug-likeness (QED) is 0.342. The molecule has 0 aliphatic heterocycles. The number of halogens is 5. The standard InChI is InChI=1S/C21H14F5N5O5S/c22-18(23)16-9-15(11-4-6-13(7-5-11)36-21(24,25)26)30-19-17(10-28-31(16)19)35-20(32)29-12-2-1-3-14(8-12)37(27,33)34/h1-10,18H,(H,29,32)(H2,27,33,34). The first-order valence-electron chi connectivity index (χ1n) is 9.95. The van der Waals surface area contributed by atoms with Gasteiger partial charge in [-0.1, -0.05) is 6.07 Å². The van der Waals surface area contributed by atoms with Gasteiger partial charge in [-0.05, 0) is 48.5 Å². The molecule has 16 heteroatoms. The molecule has 0 aliphatic carbocycles. The van der Waals surface area contributed by atoms with Crippen LogP contribution in [-0.4, -0.2) is 35.5 Å². The molecule has 37 heavy (non-hydrogen) atoms. The number of benzene rings is 2. The lowest BCUT2D eigenvalue weighted by atomic mass is 10.1. The van der Waals surface area contributed by atoms with Crippen LogP contribution >= 0.6 is 0 Å². The topological polar surface area (TPSA) is 138 Å². The number of amides is 1. The molecule has 0 saturated heterocycles. The molecule has 0 aliphatic rings. The van der Waals surface area contributed by atoms with E-state index < -0.39 is 40.3 Å². The van der Waals surface area contributed by atoms with Gasteiger partial charge < -0.3 is 9.47 Å². The molecule has 0 bridgehead atoms. The van der Waals surface area contributed by atoms with Gasteiger partial charge >= 0.3 is 12.5 Å². The number of hydrogen-bond acceptors (Lipinski definition) is 7. The van der Waals surface area contributed by atoms with E-state index >= 15 is 0 Å². The Morgan fingerprint density at radius 1 is 1.08 bits per heavy atom. The highest BCUT2D eigenvalue weighted by Crippen LogP contribution is 2.31. The Bertz CT molecular complexity index is 1570. The summed E-state index contributed by atoms with van der Waals surface area (Å²) < 4.78 is 97.3. The van der Waals surface area contributed by atoms with Gasteiger partial charge in [0.25, 0.3) is 6.43 Å². The second-order valence-corrected chi connectivity index (χ2v) is 8.83. The van der Waals surface area contributed by atoms with Crippen LogP contribution in [-0.2, 0) is 10.0 Å². The van der Waals surface area contributed by atoms with Crippen LogP contribution in [0.3, 0.4) is 0 Å². The van der Waals surface area contributed by atoms with Crippen LogP contribution in [0.25, 0.3) is 16.9 Å². The third-order valence-electron chi connectivity index (χ3n) is 4.69. The van der Waals surface area contributed by atoms with E-state index in [0.717, 1.165) is 35.0 Å². The average Bonchev–Trinajstić information content (AvgIpc) is 3.20. The summed E-state index contributed by atoms with van der Waals surface area (Å²) in [6, 6.07) is 10.2. The van der Waals surface area contributed by atoms with E-state index in [1.807, 2.05) is 0 Å². The number of nitrogens with zero attached hydrogens (tertiary/aromatic N) is 3. The zero-order valence-electron chi connectivity index (χ0n) is 18.1. The van der Waals surface area contributed by atoms with Crippen molar-refractivity contribution in [1.29, 1.82) is 0 Å². The Morgan fingerprint density at radius 2 is 1.78 bits per heavy atom. The number of fused-ring (bicyclic) bond motifs is 1. The summed E-state index contributed by atoms with van der Waals surface area (Å²) in [6.45, 7) is 0. The third-order valence-corrected chi connectivity index (χ3v) is 5.60. The van der Waals surface area contributed by atoms with Crippen molar-refractivity contribution in [3.63, 3.8) is 0 Å². The fraction of sp³-hybridized carbons (Fsp3) is 0.0952. The molecular formula is C21H14F5N5O5S. The Labute approximate surface area is 204 Å². The number of ether oxygens (including phenoxy) is 2. The summed E-state index contributed by atoms with van der Waals surface area (Å²) >= 11 is 0. The Hall–Kier alpha value is -4.31. The van der Waals surface area contributed by atoms with Crippen molar-refractivity contribution in [2.24, 2.45) is 5.14 Å². The number of sulfonamides is 1. The summed E-state index contributed by atoms with van der Waals surface area (Å²) in [5, 5.41) is 11.1. The Morgan fingerprint density at radius 3 is 2.41 bits per heavy atom. The molecule has 2 aromatic heterocycles. The zero-order valence-corrected chi connectivity index (χ0v) is 18.9. The lowest BCUT2D eigenvalue weighted by molar-refractivity contribution is -0.274. The molecule has 0 unspecified atom stereocenters. The first-order valence-corrected chi connectivity index (χ1v) is 11.5. The molecule has 0 spiro atoms. The monoisotopic (exact) mass is 543 g/mol. The highest BCUT2D eigenvalue weighted by molar-refractivity contribution is 7.89. The lowest BCUT2D eigenvalue weighted by Gasteiger charge is -2.11. The van der Waals surface area contributed by atoms with Gasteiger partial charge in [0.2, 0.25) is 10.0 Å². The van der Waals surface area contributed by atoms with Crippen molar-refractivity contribution in [2.45, 2.75) is 17.7 Å². The first kappa shape index (κ1) is 25.8. The SMILES string of the molecule is NS(=O)(=O)c1cccc(NC(=O)Oc2cnn3c(C(F)F)cc(-c4ccc(OC(F)(F)F)cc4)nc23)c1. The predicted molar refractivity (Wildman–Crippen MR) is 118 cm³/mol. The first-order chi connectivity index (χ1) is 17.3. The maximum atomic E-state index is 13.7. The Balaban J connectivity index is 1.64. The number of hydrogen-bond donors (Lipinski definition) is 2. The minimum Gasteiger partial charge on any atom is -0.406 e. The van der Waals surface area contributed by atoms with E-state index in [2.05, 4.69) is 20.1 Å². The van der Waals surface area contributed by atoms with Crippen molar-refractivity contribution in [1.82, 2.24) is 14.6 Å². The number of alkyl halides is 5. The smallest absolute Gasteiger partial charge is 0.406 e. The summed E-state index contributed by atoms with van der Waals surface area (Å²) in [4.78, 5) is 16.3. The second kappa shape index (κ2) is 9.62. The summed E-state index contributed by atoms with van der Waals surface area (Å²) in [5.41, 5.74) is -0.831. The van der Waals surface area contributed by atoms with E-state index in [1.54, 1.807) is 0 Å². The van der Waals surface area contributed by atoms with Crippen LogP contribution in [0, 0.1) is 0 Å². The molecule has 0 saturated carbocycles. The number of nitrogens with one attached hydrogen (secondary N) is 1. The molecule has 4 rings (SSSR count). The van der Waals surface area contributed by atoms with Crippen molar-refractivity contribution >= 4 is 27.5 Å². The molecule has 3 N–H and O–H groups in total. The van der Waals surface area contributed by atoms with Crippen molar-refractivity contribution in [3.8, 4) is 22.8 Å².